The van der Waals surface area contributed by atoms with Crippen molar-refractivity contribution in [1.82, 2.24) is 4.98 Å². The van der Waals surface area contributed by atoms with Crippen LogP contribution in [0.15, 0.2) is 18.3 Å². The van der Waals surface area contributed by atoms with Crippen LogP contribution in [0, 0.1) is 0 Å². The van der Waals surface area contributed by atoms with Crippen LogP contribution in [0.2, 0.25) is 0 Å². The van der Waals surface area contributed by atoms with E-state index >= 15 is 0 Å². The first-order valence-electron chi connectivity index (χ1n) is 3.10. The lowest BCUT2D eigenvalue weighted by Gasteiger charge is -1.95. The highest BCUT2D eigenvalue weighted by atomic mass is 16.4. The van der Waals surface area contributed by atoms with E-state index in [-0.39, 0.29) is 11.3 Å². The molecule has 3 N–H and O–H groups in total. The third kappa shape index (κ3) is 1.57. The van der Waals surface area contributed by atoms with Crippen LogP contribution < -0.4 is 5.73 Å². The summed E-state index contributed by atoms with van der Waals surface area (Å²) in [7, 11) is 0. The number of carboxylic acid groups (broad SMARTS) is 1. The maximum Gasteiger partial charge on any atom is 0.354 e. The molecule has 0 bridgehead atoms. The van der Waals surface area contributed by atoms with E-state index in [0.717, 1.165) is 6.07 Å². The van der Waals surface area contributed by atoms with Crippen LogP contribution in [0.5, 0.6) is 0 Å². The number of rotatable bonds is 2. The van der Waals surface area contributed by atoms with Crippen molar-refractivity contribution < 1.29 is 14.7 Å². The Bertz CT molecular complexity index is 306. The fourth-order valence-corrected chi connectivity index (χ4v) is 0.701. The lowest BCUT2D eigenvalue weighted by molar-refractivity contribution is 0.0690. The molecule has 0 aliphatic rings. The third-order valence-electron chi connectivity index (χ3n) is 1.26. The van der Waals surface area contributed by atoms with E-state index in [1.54, 1.807) is 0 Å². The molecule has 1 heterocycles. The smallest absolute Gasteiger partial charge is 0.354 e. The predicted molar refractivity (Wildman–Crippen MR) is 39.7 cm³/mol. The van der Waals surface area contributed by atoms with Gasteiger partial charge in [-0.2, -0.15) is 0 Å². The molecule has 0 aromatic carbocycles. The van der Waals surface area contributed by atoms with Crippen molar-refractivity contribution in [3.63, 3.8) is 0 Å². The molecular weight excluding hydrogens is 160 g/mol. The molecule has 0 unspecified atom stereocenters. The van der Waals surface area contributed by atoms with Gasteiger partial charge in [-0.15, -0.1) is 0 Å². The average molecular weight is 166 g/mol. The maximum absolute atomic E-state index is 10.6. The molecule has 5 nitrogen and oxygen atoms in total. The van der Waals surface area contributed by atoms with Crippen molar-refractivity contribution in [2.45, 2.75) is 0 Å². The molecule has 1 amide bonds. The molecule has 1 aromatic rings. The predicted octanol–water partition coefficient (Wildman–Crippen LogP) is -0.121. The fourth-order valence-electron chi connectivity index (χ4n) is 0.701. The van der Waals surface area contributed by atoms with Crippen molar-refractivity contribution in [2.24, 2.45) is 5.73 Å². The number of nitrogens with zero attached hydrogens (tertiary/aromatic N) is 1. The fraction of sp³-hybridized carbons (Fsp3) is 0. The summed E-state index contributed by atoms with van der Waals surface area (Å²) in [5, 5.41) is 8.48. The van der Waals surface area contributed by atoms with E-state index < -0.39 is 11.9 Å². The highest BCUT2D eigenvalue weighted by Crippen LogP contribution is 2.00. The first kappa shape index (κ1) is 8.19. The molecule has 5 heteroatoms. The lowest BCUT2D eigenvalue weighted by Crippen LogP contribution is -2.12. The van der Waals surface area contributed by atoms with Gasteiger partial charge in [-0.05, 0) is 12.1 Å². The molecule has 62 valence electrons. The Hall–Kier alpha value is -1.91. The monoisotopic (exact) mass is 166 g/mol. The second kappa shape index (κ2) is 3.00. The zero-order valence-electron chi connectivity index (χ0n) is 6.02. The van der Waals surface area contributed by atoms with E-state index in [1.807, 2.05) is 0 Å². The summed E-state index contributed by atoms with van der Waals surface area (Å²) >= 11 is 0. The van der Waals surface area contributed by atoms with Crippen LogP contribution in [-0.2, 0) is 0 Å². The normalized spacial score (nSPS) is 9.33. The number of aromatic nitrogens is 1. The molecule has 0 atom stereocenters. The zero-order chi connectivity index (χ0) is 9.14. The molecule has 1 rings (SSSR count). The molecule has 0 aliphatic heterocycles. The Morgan fingerprint density at radius 3 is 2.67 bits per heavy atom. The van der Waals surface area contributed by atoms with E-state index in [0.29, 0.717) is 0 Å². The average Bonchev–Trinajstić information content (AvgIpc) is 2.04. The van der Waals surface area contributed by atoms with Crippen molar-refractivity contribution in [1.29, 1.82) is 0 Å². The van der Waals surface area contributed by atoms with Gasteiger partial charge >= 0.3 is 5.97 Å². The summed E-state index contributed by atoms with van der Waals surface area (Å²) in [4.78, 5) is 24.5. The van der Waals surface area contributed by atoms with Gasteiger partial charge in [-0.25, -0.2) is 9.78 Å². The SMILES string of the molecule is NC(=O)c1ccnc(C(=O)O)c1. The molecule has 0 aliphatic carbocycles. The van der Waals surface area contributed by atoms with E-state index in [9.17, 15) is 9.59 Å². The molecule has 1 aromatic heterocycles. The Morgan fingerprint density at radius 2 is 2.17 bits per heavy atom. The van der Waals surface area contributed by atoms with Crippen molar-refractivity contribution >= 4 is 11.9 Å². The second-order valence-electron chi connectivity index (χ2n) is 2.10. The summed E-state index contributed by atoms with van der Waals surface area (Å²) in [5.41, 5.74) is 4.88. The second-order valence-corrected chi connectivity index (χ2v) is 2.10. The minimum atomic E-state index is -1.18. The molecule has 0 saturated heterocycles. The van der Waals surface area contributed by atoms with Crippen LogP contribution in [0.3, 0.4) is 0 Å². The van der Waals surface area contributed by atoms with Crippen molar-refractivity contribution in [3.05, 3.63) is 29.6 Å². The highest BCUT2D eigenvalue weighted by molar-refractivity contribution is 5.95. The number of carboxylic acids is 1. The summed E-state index contributed by atoms with van der Waals surface area (Å²) < 4.78 is 0. The van der Waals surface area contributed by atoms with E-state index in [4.69, 9.17) is 10.8 Å². The molecule has 12 heavy (non-hydrogen) atoms. The molecule has 0 saturated carbocycles. The highest BCUT2D eigenvalue weighted by Gasteiger charge is 2.07. The summed E-state index contributed by atoms with van der Waals surface area (Å²) in [6, 6.07) is 2.49. The first-order valence-corrected chi connectivity index (χ1v) is 3.10. The first-order chi connectivity index (χ1) is 5.61. The minimum absolute atomic E-state index is 0.141. The van der Waals surface area contributed by atoms with E-state index in [2.05, 4.69) is 4.98 Å². The zero-order valence-corrected chi connectivity index (χ0v) is 6.02. The Balaban J connectivity index is 3.12. The number of primary amides is 1. The van der Waals surface area contributed by atoms with Crippen LogP contribution in [0.1, 0.15) is 20.8 Å². The van der Waals surface area contributed by atoms with Crippen LogP contribution in [0.4, 0.5) is 0 Å². The van der Waals surface area contributed by atoms with Gasteiger partial charge in [0.2, 0.25) is 5.91 Å². The minimum Gasteiger partial charge on any atom is -0.477 e. The van der Waals surface area contributed by atoms with Gasteiger partial charge in [0, 0.05) is 11.8 Å². The quantitative estimate of drug-likeness (QED) is 0.640. The van der Waals surface area contributed by atoms with Crippen molar-refractivity contribution in [3.8, 4) is 0 Å². The van der Waals surface area contributed by atoms with Gasteiger partial charge in [0.1, 0.15) is 5.69 Å². The summed E-state index contributed by atoms with van der Waals surface area (Å²) in [6.45, 7) is 0. The third-order valence-corrected chi connectivity index (χ3v) is 1.26. The maximum atomic E-state index is 10.6. The van der Waals surface area contributed by atoms with E-state index in [1.165, 1.54) is 12.3 Å². The summed E-state index contributed by atoms with van der Waals surface area (Å²) in [5.74, 6) is -1.85. The Kier molecular flexibility index (Phi) is 2.05. The van der Waals surface area contributed by atoms with Gasteiger partial charge in [-0.1, -0.05) is 0 Å². The number of amides is 1. The number of carbonyl (C=O) groups excluding carboxylic acids is 1. The van der Waals surface area contributed by atoms with Gasteiger partial charge in [-0.3, -0.25) is 4.79 Å². The summed E-state index contributed by atoms with van der Waals surface area (Å²) in [6.07, 6.45) is 1.23. The van der Waals surface area contributed by atoms with Crippen LogP contribution in [-0.4, -0.2) is 22.0 Å². The number of nitrogens with two attached hydrogens (primary N) is 1. The van der Waals surface area contributed by atoms with Gasteiger partial charge in [0.25, 0.3) is 0 Å². The van der Waals surface area contributed by atoms with Gasteiger partial charge in [0.05, 0.1) is 0 Å². The number of aromatic carboxylic acids is 1. The Labute approximate surface area is 67.8 Å². The standard InChI is InChI=1S/C7H6N2O3/c8-6(10)4-1-2-9-5(3-4)7(11)12/h1-3H,(H2,8,10)(H,11,12). The molecule has 0 radical (unpaired) electrons. The van der Waals surface area contributed by atoms with Crippen molar-refractivity contribution in [2.75, 3.05) is 0 Å². The number of hydrogen-bond acceptors (Lipinski definition) is 3. The molecule has 0 spiro atoms. The molecule has 0 fully saturated rings. The number of carbonyl (C=O) groups is 2. The van der Waals surface area contributed by atoms with Crippen LogP contribution in [0.25, 0.3) is 0 Å². The van der Waals surface area contributed by atoms with Gasteiger partial charge < -0.3 is 10.8 Å². The number of pyridine rings is 1. The Morgan fingerprint density at radius 1 is 1.50 bits per heavy atom. The lowest BCUT2D eigenvalue weighted by atomic mass is 10.2. The topological polar surface area (TPSA) is 93.3 Å². The molecular formula is C7H6N2O3. The number of hydrogen-bond donors (Lipinski definition) is 2. The van der Waals surface area contributed by atoms with Crippen LogP contribution >= 0.6 is 0 Å². The van der Waals surface area contributed by atoms with Gasteiger partial charge in [0.15, 0.2) is 0 Å². The largest absolute Gasteiger partial charge is 0.477 e.